The zero-order valence-electron chi connectivity index (χ0n) is 14.8. The van der Waals surface area contributed by atoms with Gasteiger partial charge in [-0.2, -0.15) is 13.9 Å². The molecule has 1 aromatic carbocycles. The average molecular weight is 408 g/mol. The van der Waals surface area contributed by atoms with Crippen molar-refractivity contribution in [2.24, 2.45) is 0 Å². The van der Waals surface area contributed by atoms with Crippen LogP contribution in [0.3, 0.4) is 0 Å². The van der Waals surface area contributed by atoms with Crippen molar-refractivity contribution in [2.45, 2.75) is 18.7 Å². The van der Waals surface area contributed by atoms with E-state index in [0.29, 0.717) is 24.6 Å². The number of sulfonamides is 1. The summed E-state index contributed by atoms with van der Waals surface area (Å²) < 4.78 is 28.2. The van der Waals surface area contributed by atoms with Crippen molar-refractivity contribution in [3.63, 3.8) is 0 Å². The number of nitrogens with one attached hydrogen (secondary N) is 1. The van der Waals surface area contributed by atoms with Gasteiger partial charge in [-0.05, 0) is 24.3 Å². The SMILES string of the molecule is CCN(CC)S(=O)(=O)c1ccc(Cl)c(C(=O)Nc2ccnc3ccnn23)c1. The maximum Gasteiger partial charge on any atom is 0.258 e. The molecule has 1 amide bonds. The van der Waals surface area contributed by atoms with Gasteiger partial charge in [0.1, 0.15) is 5.82 Å². The lowest BCUT2D eigenvalue weighted by Crippen LogP contribution is -2.30. The minimum absolute atomic E-state index is 0.0136. The fourth-order valence-electron chi connectivity index (χ4n) is 2.66. The van der Waals surface area contributed by atoms with Gasteiger partial charge in [-0.3, -0.25) is 4.79 Å². The van der Waals surface area contributed by atoms with Gasteiger partial charge in [0, 0.05) is 25.4 Å². The van der Waals surface area contributed by atoms with Gasteiger partial charge in [0.2, 0.25) is 10.0 Å². The molecule has 2 aromatic heterocycles. The van der Waals surface area contributed by atoms with Gasteiger partial charge in [0.15, 0.2) is 5.65 Å². The Morgan fingerprint density at radius 3 is 2.63 bits per heavy atom. The quantitative estimate of drug-likeness (QED) is 0.677. The average Bonchev–Trinajstić information content (AvgIpc) is 3.12. The Kier molecular flexibility index (Phi) is 5.45. The molecule has 1 N–H and O–H groups in total. The zero-order valence-corrected chi connectivity index (χ0v) is 16.3. The van der Waals surface area contributed by atoms with Crippen molar-refractivity contribution < 1.29 is 13.2 Å². The third-order valence-electron chi connectivity index (χ3n) is 4.06. The lowest BCUT2D eigenvalue weighted by Gasteiger charge is -2.19. The maximum atomic E-state index is 12.7. The second-order valence-corrected chi connectivity index (χ2v) is 7.96. The van der Waals surface area contributed by atoms with Crippen LogP contribution < -0.4 is 5.32 Å². The van der Waals surface area contributed by atoms with Gasteiger partial charge in [0.05, 0.1) is 21.7 Å². The van der Waals surface area contributed by atoms with E-state index in [2.05, 4.69) is 15.4 Å². The first kappa shape index (κ1) is 19.3. The van der Waals surface area contributed by atoms with Crippen LogP contribution in [-0.4, -0.2) is 46.3 Å². The van der Waals surface area contributed by atoms with Crippen molar-refractivity contribution in [1.82, 2.24) is 18.9 Å². The van der Waals surface area contributed by atoms with Crippen LogP contribution in [0, 0.1) is 0 Å². The van der Waals surface area contributed by atoms with Crippen LogP contribution in [0.4, 0.5) is 5.82 Å². The minimum atomic E-state index is -3.71. The third kappa shape index (κ3) is 3.66. The number of hydrogen-bond donors (Lipinski definition) is 1. The molecule has 0 aliphatic heterocycles. The molecule has 27 heavy (non-hydrogen) atoms. The second kappa shape index (κ2) is 7.63. The van der Waals surface area contributed by atoms with Crippen LogP contribution >= 0.6 is 11.6 Å². The summed E-state index contributed by atoms with van der Waals surface area (Å²) in [6.45, 7) is 4.17. The van der Waals surface area contributed by atoms with E-state index >= 15 is 0 Å². The molecule has 10 heteroatoms. The molecule has 0 fully saturated rings. The molecular formula is C17H18ClN5O3S. The molecule has 0 aliphatic carbocycles. The number of aromatic nitrogens is 3. The summed E-state index contributed by atoms with van der Waals surface area (Å²) in [5.74, 6) is -0.150. The molecule has 0 bridgehead atoms. The van der Waals surface area contributed by atoms with Crippen LogP contribution in [0.5, 0.6) is 0 Å². The molecule has 0 spiro atoms. The molecule has 0 saturated carbocycles. The molecule has 0 atom stereocenters. The predicted molar refractivity (Wildman–Crippen MR) is 102 cm³/mol. The number of anilines is 1. The van der Waals surface area contributed by atoms with E-state index in [1.54, 1.807) is 32.2 Å². The van der Waals surface area contributed by atoms with E-state index in [0.717, 1.165) is 0 Å². The summed E-state index contributed by atoms with van der Waals surface area (Å²) >= 11 is 6.15. The van der Waals surface area contributed by atoms with Crippen LogP contribution in [0.15, 0.2) is 47.6 Å². The Balaban J connectivity index is 1.97. The second-order valence-electron chi connectivity index (χ2n) is 5.62. The highest BCUT2D eigenvalue weighted by molar-refractivity contribution is 7.89. The van der Waals surface area contributed by atoms with Crippen LogP contribution in [0.2, 0.25) is 5.02 Å². The summed E-state index contributed by atoms with van der Waals surface area (Å²) in [6.07, 6.45) is 3.09. The van der Waals surface area contributed by atoms with Gasteiger partial charge >= 0.3 is 0 Å². The lowest BCUT2D eigenvalue weighted by atomic mass is 10.2. The molecule has 3 rings (SSSR count). The largest absolute Gasteiger partial charge is 0.306 e. The fourth-order valence-corrected chi connectivity index (χ4v) is 4.35. The van der Waals surface area contributed by atoms with E-state index in [-0.39, 0.29) is 15.5 Å². The summed E-state index contributed by atoms with van der Waals surface area (Å²) in [4.78, 5) is 16.9. The normalized spacial score (nSPS) is 11.9. The van der Waals surface area contributed by atoms with Gasteiger partial charge in [-0.15, -0.1) is 0 Å². The van der Waals surface area contributed by atoms with E-state index in [1.807, 2.05) is 0 Å². The Labute approximate surface area is 161 Å². The number of carbonyl (C=O) groups excluding carboxylic acids is 1. The molecule has 142 valence electrons. The number of amides is 1. The number of nitrogens with zero attached hydrogens (tertiary/aromatic N) is 4. The molecule has 0 saturated heterocycles. The minimum Gasteiger partial charge on any atom is -0.306 e. The maximum absolute atomic E-state index is 12.7. The van der Waals surface area contributed by atoms with Crippen molar-refractivity contribution >= 4 is 39.0 Å². The topological polar surface area (TPSA) is 96.7 Å². The van der Waals surface area contributed by atoms with Gasteiger partial charge in [-0.1, -0.05) is 25.4 Å². The van der Waals surface area contributed by atoms with Gasteiger partial charge in [0.25, 0.3) is 5.91 Å². The highest BCUT2D eigenvalue weighted by Gasteiger charge is 2.24. The predicted octanol–water partition coefficient (Wildman–Crippen LogP) is 2.67. The van der Waals surface area contributed by atoms with Crippen LogP contribution in [-0.2, 0) is 10.0 Å². The highest BCUT2D eigenvalue weighted by atomic mass is 35.5. The van der Waals surface area contributed by atoms with Crippen molar-refractivity contribution in [2.75, 3.05) is 18.4 Å². The Morgan fingerprint density at radius 2 is 1.93 bits per heavy atom. The number of halogens is 1. The Bertz CT molecular complexity index is 1090. The first-order valence-electron chi connectivity index (χ1n) is 8.28. The number of hydrogen-bond acceptors (Lipinski definition) is 5. The fraction of sp³-hybridized carbons (Fsp3) is 0.235. The standard InChI is InChI=1S/C17H18ClN5O3S/c1-3-22(4-2)27(25,26)12-5-6-14(18)13(11-12)17(24)21-16-7-9-19-15-8-10-20-23(15)16/h5-11H,3-4H2,1-2H3,(H,21,24). The van der Waals surface area contributed by atoms with E-state index < -0.39 is 15.9 Å². The first-order valence-corrected chi connectivity index (χ1v) is 10.1. The molecule has 0 aliphatic rings. The molecule has 2 heterocycles. The zero-order chi connectivity index (χ0) is 19.6. The molecular weight excluding hydrogens is 390 g/mol. The van der Waals surface area contributed by atoms with Crippen molar-refractivity contribution in [3.05, 3.63) is 53.3 Å². The summed E-state index contributed by atoms with van der Waals surface area (Å²) in [7, 11) is -3.71. The van der Waals surface area contributed by atoms with Crippen LogP contribution in [0.1, 0.15) is 24.2 Å². The van der Waals surface area contributed by atoms with E-state index in [9.17, 15) is 13.2 Å². The Morgan fingerprint density at radius 1 is 1.19 bits per heavy atom. The number of fused-ring (bicyclic) bond motifs is 1. The van der Waals surface area contributed by atoms with E-state index in [1.165, 1.54) is 33.2 Å². The lowest BCUT2D eigenvalue weighted by molar-refractivity contribution is 0.102. The van der Waals surface area contributed by atoms with Crippen molar-refractivity contribution in [1.29, 1.82) is 0 Å². The highest BCUT2D eigenvalue weighted by Crippen LogP contribution is 2.24. The molecule has 0 radical (unpaired) electrons. The summed E-state index contributed by atoms with van der Waals surface area (Å²) in [6, 6.07) is 7.36. The summed E-state index contributed by atoms with van der Waals surface area (Å²) in [5.41, 5.74) is 0.624. The number of rotatable bonds is 6. The first-order chi connectivity index (χ1) is 12.9. The number of carbonyl (C=O) groups is 1. The van der Waals surface area contributed by atoms with Crippen molar-refractivity contribution in [3.8, 4) is 0 Å². The third-order valence-corrected chi connectivity index (χ3v) is 6.43. The molecule has 3 aromatic rings. The Hall–Kier alpha value is -2.49. The van der Waals surface area contributed by atoms with Crippen LogP contribution in [0.25, 0.3) is 5.65 Å². The van der Waals surface area contributed by atoms with Gasteiger partial charge < -0.3 is 5.32 Å². The van der Waals surface area contributed by atoms with Gasteiger partial charge in [-0.25, -0.2) is 13.4 Å². The smallest absolute Gasteiger partial charge is 0.258 e. The summed E-state index contributed by atoms with van der Waals surface area (Å²) in [5, 5.41) is 6.94. The molecule has 8 nitrogen and oxygen atoms in total. The monoisotopic (exact) mass is 407 g/mol. The molecule has 0 unspecified atom stereocenters. The number of benzene rings is 1. The van der Waals surface area contributed by atoms with E-state index in [4.69, 9.17) is 11.6 Å².